The van der Waals surface area contributed by atoms with Gasteiger partial charge in [-0.2, -0.15) is 0 Å². The van der Waals surface area contributed by atoms with E-state index in [-0.39, 0.29) is 12.6 Å². The minimum Gasteiger partial charge on any atom is -0.465 e. The van der Waals surface area contributed by atoms with Crippen LogP contribution in [0.25, 0.3) is 10.9 Å². The molecule has 2 N–H and O–H groups in total. The Morgan fingerprint density at radius 2 is 2.18 bits per heavy atom. The SMILES string of the molecule is COC(=O)c1ccc2c(CC(C)NCC(C)(F)F)c[nH]c2c1. The number of carbonyl (C=O) groups excluding carboxylic acids is 1. The van der Waals surface area contributed by atoms with E-state index in [2.05, 4.69) is 15.0 Å². The van der Waals surface area contributed by atoms with E-state index in [1.165, 1.54) is 7.11 Å². The molecule has 0 aliphatic carbocycles. The number of hydrogen-bond acceptors (Lipinski definition) is 3. The van der Waals surface area contributed by atoms with Crippen molar-refractivity contribution < 1.29 is 18.3 Å². The van der Waals surface area contributed by atoms with Crippen molar-refractivity contribution in [2.45, 2.75) is 32.2 Å². The highest BCUT2D eigenvalue weighted by atomic mass is 19.3. The summed E-state index contributed by atoms with van der Waals surface area (Å²) < 4.78 is 30.4. The number of aromatic amines is 1. The first-order chi connectivity index (χ1) is 10.3. The maximum Gasteiger partial charge on any atom is 0.337 e. The van der Waals surface area contributed by atoms with E-state index in [0.717, 1.165) is 23.4 Å². The van der Waals surface area contributed by atoms with Crippen LogP contribution in [0.4, 0.5) is 8.78 Å². The fourth-order valence-corrected chi connectivity index (χ4v) is 2.36. The third-order valence-electron chi connectivity index (χ3n) is 3.48. The smallest absolute Gasteiger partial charge is 0.337 e. The van der Waals surface area contributed by atoms with Gasteiger partial charge in [0.25, 0.3) is 5.92 Å². The van der Waals surface area contributed by atoms with Gasteiger partial charge in [0.05, 0.1) is 19.2 Å². The monoisotopic (exact) mass is 310 g/mol. The van der Waals surface area contributed by atoms with Crippen LogP contribution in [0.1, 0.15) is 29.8 Å². The lowest BCUT2D eigenvalue weighted by molar-refractivity contribution is 0.0204. The van der Waals surface area contributed by atoms with E-state index in [0.29, 0.717) is 12.0 Å². The number of rotatable bonds is 6. The Balaban J connectivity index is 2.11. The van der Waals surface area contributed by atoms with E-state index < -0.39 is 11.9 Å². The number of fused-ring (bicyclic) bond motifs is 1. The van der Waals surface area contributed by atoms with Crippen LogP contribution in [0.3, 0.4) is 0 Å². The minimum absolute atomic E-state index is 0.0786. The van der Waals surface area contributed by atoms with E-state index in [4.69, 9.17) is 0 Å². The van der Waals surface area contributed by atoms with Gasteiger partial charge in [-0.25, -0.2) is 13.6 Å². The topological polar surface area (TPSA) is 54.1 Å². The molecule has 1 aromatic heterocycles. The van der Waals surface area contributed by atoms with Crippen LogP contribution >= 0.6 is 0 Å². The molecule has 2 aromatic rings. The fourth-order valence-electron chi connectivity index (χ4n) is 2.36. The van der Waals surface area contributed by atoms with Crippen LogP contribution < -0.4 is 5.32 Å². The predicted molar refractivity (Wildman–Crippen MR) is 81.4 cm³/mol. The average Bonchev–Trinajstić information content (AvgIpc) is 2.86. The van der Waals surface area contributed by atoms with Gasteiger partial charge in [-0.05, 0) is 31.0 Å². The maximum absolute atomic E-state index is 12.9. The molecular weight excluding hydrogens is 290 g/mol. The summed E-state index contributed by atoms with van der Waals surface area (Å²) in [6, 6.07) is 5.19. The molecule has 22 heavy (non-hydrogen) atoms. The van der Waals surface area contributed by atoms with Crippen LogP contribution in [-0.4, -0.2) is 36.6 Å². The molecule has 1 atom stereocenters. The van der Waals surface area contributed by atoms with Crippen LogP contribution in [-0.2, 0) is 11.2 Å². The van der Waals surface area contributed by atoms with Gasteiger partial charge in [-0.3, -0.25) is 0 Å². The van der Waals surface area contributed by atoms with Crippen molar-refractivity contribution in [3.8, 4) is 0 Å². The van der Waals surface area contributed by atoms with Gasteiger partial charge in [0.15, 0.2) is 0 Å². The first kappa shape index (κ1) is 16.4. The number of ether oxygens (including phenoxy) is 1. The molecule has 0 bridgehead atoms. The normalized spacial score (nSPS) is 13.3. The summed E-state index contributed by atoms with van der Waals surface area (Å²) in [5.41, 5.74) is 2.32. The van der Waals surface area contributed by atoms with Crippen molar-refractivity contribution in [3.05, 3.63) is 35.5 Å². The Morgan fingerprint density at radius 1 is 1.45 bits per heavy atom. The number of methoxy groups -OCH3 is 1. The summed E-state index contributed by atoms with van der Waals surface area (Å²) in [6.07, 6.45) is 2.46. The largest absolute Gasteiger partial charge is 0.465 e. The number of H-pyrrole nitrogens is 1. The fraction of sp³-hybridized carbons (Fsp3) is 0.438. The van der Waals surface area contributed by atoms with Crippen molar-refractivity contribution in [3.63, 3.8) is 0 Å². The number of aromatic nitrogens is 1. The highest BCUT2D eigenvalue weighted by molar-refractivity contribution is 5.95. The molecule has 2 rings (SSSR count). The lowest BCUT2D eigenvalue weighted by Crippen LogP contribution is -2.37. The van der Waals surface area contributed by atoms with Crippen molar-refractivity contribution in [2.24, 2.45) is 0 Å². The third-order valence-corrected chi connectivity index (χ3v) is 3.48. The molecule has 0 fully saturated rings. The molecule has 0 saturated heterocycles. The van der Waals surface area contributed by atoms with Crippen LogP contribution in [0.2, 0.25) is 0 Å². The summed E-state index contributed by atoms with van der Waals surface area (Å²) in [5.74, 6) is -3.11. The van der Waals surface area contributed by atoms with Gasteiger partial charge in [0.1, 0.15) is 0 Å². The number of nitrogens with one attached hydrogen (secondary N) is 2. The molecule has 0 saturated carbocycles. The number of alkyl halides is 2. The van der Waals surface area contributed by atoms with Gasteiger partial charge in [-0.15, -0.1) is 0 Å². The molecule has 120 valence electrons. The van der Waals surface area contributed by atoms with Gasteiger partial charge in [-0.1, -0.05) is 6.07 Å². The molecule has 0 aliphatic heterocycles. The van der Waals surface area contributed by atoms with Crippen molar-refractivity contribution >= 4 is 16.9 Å². The highest BCUT2D eigenvalue weighted by Crippen LogP contribution is 2.21. The molecule has 1 aromatic carbocycles. The first-order valence-corrected chi connectivity index (χ1v) is 7.09. The van der Waals surface area contributed by atoms with Gasteiger partial charge in [0.2, 0.25) is 0 Å². The molecule has 6 heteroatoms. The zero-order valence-electron chi connectivity index (χ0n) is 12.9. The molecule has 0 amide bonds. The molecule has 0 radical (unpaired) electrons. The summed E-state index contributed by atoms with van der Waals surface area (Å²) >= 11 is 0. The maximum atomic E-state index is 12.9. The summed E-state index contributed by atoms with van der Waals surface area (Å²) in [6.45, 7) is 2.42. The van der Waals surface area contributed by atoms with E-state index >= 15 is 0 Å². The second-order valence-electron chi connectivity index (χ2n) is 5.62. The summed E-state index contributed by atoms with van der Waals surface area (Å²) in [5, 5.41) is 3.80. The molecule has 4 nitrogen and oxygen atoms in total. The summed E-state index contributed by atoms with van der Waals surface area (Å²) in [4.78, 5) is 14.6. The average molecular weight is 310 g/mol. The highest BCUT2D eigenvalue weighted by Gasteiger charge is 2.21. The van der Waals surface area contributed by atoms with E-state index in [1.807, 2.05) is 19.2 Å². The zero-order chi connectivity index (χ0) is 16.3. The number of benzene rings is 1. The molecule has 1 heterocycles. The van der Waals surface area contributed by atoms with Gasteiger partial charge < -0.3 is 15.0 Å². The Kier molecular flexibility index (Phi) is 4.81. The Labute approximate surface area is 127 Å². The number of esters is 1. The predicted octanol–water partition coefficient (Wildman–Crippen LogP) is 3.13. The number of hydrogen-bond donors (Lipinski definition) is 2. The van der Waals surface area contributed by atoms with Crippen LogP contribution in [0.15, 0.2) is 24.4 Å². The van der Waals surface area contributed by atoms with Crippen LogP contribution in [0.5, 0.6) is 0 Å². The minimum atomic E-state index is -2.72. The van der Waals surface area contributed by atoms with Crippen LogP contribution in [0, 0.1) is 0 Å². The molecule has 1 unspecified atom stereocenters. The number of halogens is 2. The van der Waals surface area contributed by atoms with Gasteiger partial charge >= 0.3 is 5.97 Å². The third kappa shape index (κ3) is 4.04. The van der Waals surface area contributed by atoms with Crippen molar-refractivity contribution in [1.82, 2.24) is 10.3 Å². The second-order valence-corrected chi connectivity index (χ2v) is 5.62. The standard InChI is InChI=1S/C16H20F2N2O2/c1-10(20-9-16(2,17)18)6-12-8-19-14-7-11(15(21)22-3)4-5-13(12)14/h4-5,7-8,10,19-20H,6,9H2,1-3H3. The number of carbonyl (C=O) groups is 1. The zero-order valence-corrected chi connectivity index (χ0v) is 12.9. The Bertz CT molecular complexity index is 662. The lowest BCUT2D eigenvalue weighted by Gasteiger charge is -2.17. The first-order valence-electron chi connectivity index (χ1n) is 7.09. The van der Waals surface area contributed by atoms with Crippen molar-refractivity contribution in [1.29, 1.82) is 0 Å². The van der Waals surface area contributed by atoms with E-state index in [9.17, 15) is 13.6 Å². The van der Waals surface area contributed by atoms with Gasteiger partial charge in [0, 0.05) is 30.1 Å². The molecule has 0 spiro atoms. The second kappa shape index (κ2) is 6.44. The quantitative estimate of drug-likeness (QED) is 0.806. The lowest BCUT2D eigenvalue weighted by atomic mass is 10.0. The van der Waals surface area contributed by atoms with Crippen molar-refractivity contribution in [2.75, 3.05) is 13.7 Å². The Hall–Kier alpha value is -1.95. The molecule has 0 aliphatic rings. The molecular formula is C16H20F2N2O2. The van der Waals surface area contributed by atoms with E-state index in [1.54, 1.807) is 12.1 Å². The Morgan fingerprint density at radius 3 is 2.82 bits per heavy atom. The summed E-state index contributed by atoms with van der Waals surface area (Å²) in [7, 11) is 1.34.